The van der Waals surface area contributed by atoms with E-state index in [0.717, 1.165) is 25.6 Å². The average Bonchev–Trinajstić information content (AvgIpc) is 3.03. The molecule has 1 N–H and O–H groups in total. The van der Waals surface area contributed by atoms with Gasteiger partial charge in [0.2, 0.25) is 5.91 Å². The number of amides is 1. The van der Waals surface area contributed by atoms with Crippen molar-refractivity contribution in [2.45, 2.75) is 32.6 Å². The number of carbonyl (C=O) groups is 1. The summed E-state index contributed by atoms with van der Waals surface area (Å²) >= 11 is 0. The van der Waals surface area contributed by atoms with Crippen molar-refractivity contribution >= 4 is 5.91 Å². The van der Waals surface area contributed by atoms with E-state index >= 15 is 0 Å². The van der Waals surface area contributed by atoms with Crippen molar-refractivity contribution in [2.75, 3.05) is 39.4 Å². The smallest absolute Gasteiger partial charge is 0.246 e. The Hall–Kier alpha value is -0.610. The minimum atomic E-state index is 0.0314. The molecule has 2 rings (SSSR count). The fraction of sp³-hybridized carbons (Fsp3) is 0.929. The highest BCUT2D eigenvalue weighted by Crippen LogP contribution is 2.28. The van der Waals surface area contributed by atoms with E-state index in [4.69, 9.17) is 4.74 Å². The third kappa shape index (κ3) is 5.36. The van der Waals surface area contributed by atoms with Gasteiger partial charge in [-0.05, 0) is 50.6 Å². The highest BCUT2D eigenvalue weighted by atomic mass is 16.5. The van der Waals surface area contributed by atoms with Crippen molar-refractivity contribution in [2.24, 2.45) is 11.8 Å². The number of carbonyl (C=O) groups excluding carboxylic acids is 1. The van der Waals surface area contributed by atoms with E-state index in [1.807, 2.05) is 0 Å². The highest BCUT2D eigenvalue weighted by molar-refractivity contribution is 5.77. The maximum absolute atomic E-state index is 11.5. The summed E-state index contributed by atoms with van der Waals surface area (Å²) in [5, 5.41) is 2.96. The summed E-state index contributed by atoms with van der Waals surface area (Å²) in [6, 6.07) is 0. The van der Waals surface area contributed by atoms with Crippen LogP contribution < -0.4 is 5.32 Å². The molecule has 4 nitrogen and oxygen atoms in total. The van der Waals surface area contributed by atoms with Crippen LogP contribution in [0, 0.1) is 11.8 Å². The third-order valence-corrected chi connectivity index (χ3v) is 3.70. The van der Waals surface area contributed by atoms with Gasteiger partial charge in [-0.1, -0.05) is 6.92 Å². The predicted molar refractivity (Wildman–Crippen MR) is 71.4 cm³/mol. The van der Waals surface area contributed by atoms with Gasteiger partial charge in [0.05, 0.1) is 6.61 Å². The second kappa shape index (κ2) is 7.10. The third-order valence-electron chi connectivity index (χ3n) is 3.70. The summed E-state index contributed by atoms with van der Waals surface area (Å²) in [6.07, 6.45) is 5.20. The number of ether oxygens (including phenoxy) is 1. The van der Waals surface area contributed by atoms with Crippen LogP contribution in [0.5, 0.6) is 0 Å². The summed E-state index contributed by atoms with van der Waals surface area (Å²) in [6.45, 7) is 7.50. The molecule has 2 aliphatic rings. The predicted octanol–water partition coefficient (Wildman–Crippen LogP) is 1.26. The minimum Gasteiger partial charge on any atom is -0.371 e. The quantitative estimate of drug-likeness (QED) is 0.709. The van der Waals surface area contributed by atoms with E-state index < -0.39 is 0 Å². The van der Waals surface area contributed by atoms with Gasteiger partial charge < -0.3 is 15.0 Å². The summed E-state index contributed by atoms with van der Waals surface area (Å²) in [7, 11) is 0. The van der Waals surface area contributed by atoms with Crippen molar-refractivity contribution in [3.63, 3.8) is 0 Å². The van der Waals surface area contributed by atoms with Crippen LogP contribution in [-0.4, -0.2) is 50.2 Å². The van der Waals surface area contributed by atoms with Crippen LogP contribution in [0.15, 0.2) is 0 Å². The molecule has 2 fully saturated rings. The molecular formula is C14H26N2O2. The fourth-order valence-corrected chi connectivity index (χ4v) is 2.41. The lowest BCUT2D eigenvalue weighted by Crippen LogP contribution is -2.36. The van der Waals surface area contributed by atoms with Crippen molar-refractivity contribution in [3.05, 3.63) is 0 Å². The van der Waals surface area contributed by atoms with Gasteiger partial charge in [-0.2, -0.15) is 0 Å². The van der Waals surface area contributed by atoms with Crippen molar-refractivity contribution in [1.82, 2.24) is 10.2 Å². The lowest BCUT2D eigenvalue weighted by Gasteiger charge is -2.20. The molecule has 0 spiro atoms. The molecule has 18 heavy (non-hydrogen) atoms. The molecule has 1 amide bonds. The topological polar surface area (TPSA) is 41.6 Å². The van der Waals surface area contributed by atoms with Crippen LogP contribution >= 0.6 is 0 Å². The summed E-state index contributed by atoms with van der Waals surface area (Å²) in [5.41, 5.74) is 0. The molecule has 1 aliphatic carbocycles. The number of rotatable bonds is 8. The first-order valence-corrected chi connectivity index (χ1v) is 7.31. The molecule has 1 saturated heterocycles. The Morgan fingerprint density at radius 2 is 2.11 bits per heavy atom. The number of nitrogens with one attached hydrogen (secondary N) is 1. The Bertz CT molecular complexity index is 261. The van der Waals surface area contributed by atoms with Crippen molar-refractivity contribution in [1.29, 1.82) is 0 Å². The zero-order chi connectivity index (χ0) is 12.8. The maximum Gasteiger partial charge on any atom is 0.246 e. The number of nitrogens with zero attached hydrogens (tertiary/aromatic N) is 1. The van der Waals surface area contributed by atoms with Gasteiger partial charge >= 0.3 is 0 Å². The summed E-state index contributed by atoms with van der Waals surface area (Å²) in [5.74, 6) is 1.28. The number of likely N-dealkylation sites (tertiary alicyclic amines) is 1. The first-order chi connectivity index (χ1) is 8.74. The van der Waals surface area contributed by atoms with Gasteiger partial charge in [-0.15, -0.1) is 0 Å². The van der Waals surface area contributed by atoms with E-state index in [1.54, 1.807) is 0 Å². The first kappa shape index (κ1) is 13.8. The van der Waals surface area contributed by atoms with E-state index in [2.05, 4.69) is 17.1 Å². The molecule has 0 aromatic rings. The summed E-state index contributed by atoms with van der Waals surface area (Å²) in [4.78, 5) is 14.0. The SMILES string of the molecule is C[C@@H](CNC(=O)COCC1CC1)CN1CCCC1. The molecule has 1 aliphatic heterocycles. The lowest BCUT2D eigenvalue weighted by molar-refractivity contribution is -0.126. The van der Waals surface area contributed by atoms with Gasteiger partial charge in [0.1, 0.15) is 6.61 Å². The Morgan fingerprint density at radius 1 is 1.39 bits per heavy atom. The molecule has 0 radical (unpaired) electrons. The largest absolute Gasteiger partial charge is 0.371 e. The Labute approximate surface area is 110 Å². The van der Waals surface area contributed by atoms with Crippen LogP contribution in [0.1, 0.15) is 32.6 Å². The van der Waals surface area contributed by atoms with Gasteiger partial charge in [-0.3, -0.25) is 4.79 Å². The molecule has 0 aromatic carbocycles. The van der Waals surface area contributed by atoms with Crippen LogP contribution in [0.4, 0.5) is 0 Å². The average molecular weight is 254 g/mol. The molecule has 4 heteroatoms. The molecule has 0 bridgehead atoms. The van der Waals surface area contributed by atoms with E-state index in [1.165, 1.54) is 38.8 Å². The number of hydrogen-bond donors (Lipinski definition) is 1. The van der Waals surface area contributed by atoms with Gasteiger partial charge in [-0.25, -0.2) is 0 Å². The van der Waals surface area contributed by atoms with Crippen LogP contribution in [-0.2, 0) is 9.53 Å². The zero-order valence-electron chi connectivity index (χ0n) is 11.5. The van der Waals surface area contributed by atoms with Gasteiger partial charge in [0, 0.05) is 13.1 Å². The van der Waals surface area contributed by atoms with Crippen molar-refractivity contribution in [3.8, 4) is 0 Å². The Balaban J connectivity index is 1.48. The zero-order valence-corrected chi connectivity index (χ0v) is 11.5. The molecule has 1 atom stereocenters. The second-order valence-electron chi connectivity index (χ2n) is 5.88. The first-order valence-electron chi connectivity index (χ1n) is 7.31. The molecular weight excluding hydrogens is 228 g/mol. The summed E-state index contributed by atoms with van der Waals surface area (Å²) < 4.78 is 5.36. The fourth-order valence-electron chi connectivity index (χ4n) is 2.41. The van der Waals surface area contributed by atoms with Gasteiger partial charge in [0.15, 0.2) is 0 Å². The minimum absolute atomic E-state index is 0.0314. The van der Waals surface area contributed by atoms with Crippen LogP contribution in [0.3, 0.4) is 0 Å². The second-order valence-corrected chi connectivity index (χ2v) is 5.88. The molecule has 0 unspecified atom stereocenters. The lowest BCUT2D eigenvalue weighted by atomic mass is 10.1. The van der Waals surface area contributed by atoms with E-state index in [0.29, 0.717) is 5.92 Å². The standard InChI is InChI=1S/C14H26N2O2/c1-12(9-16-6-2-3-7-16)8-15-14(17)11-18-10-13-4-5-13/h12-13H,2-11H2,1H3,(H,15,17)/t12-/m0/s1. The monoisotopic (exact) mass is 254 g/mol. The molecule has 0 aromatic heterocycles. The Morgan fingerprint density at radius 3 is 2.78 bits per heavy atom. The molecule has 1 saturated carbocycles. The Kier molecular flexibility index (Phi) is 5.45. The van der Waals surface area contributed by atoms with Gasteiger partial charge in [0.25, 0.3) is 0 Å². The highest BCUT2D eigenvalue weighted by Gasteiger charge is 2.21. The number of hydrogen-bond acceptors (Lipinski definition) is 3. The normalized spacial score (nSPS) is 22.1. The van der Waals surface area contributed by atoms with Crippen LogP contribution in [0.25, 0.3) is 0 Å². The molecule has 1 heterocycles. The van der Waals surface area contributed by atoms with E-state index in [-0.39, 0.29) is 12.5 Å². The maximum atomic E-state index is 11.5. The van der Waals surface area contributed by atoms with E-state index in [9.17, 15) is 4.79 Å². The van der Waals surface area contributed by atoms with Crippen molar-refractivity contribution < 1.29 is 9.53 Å². The van der Waals surface area contributed by atoms with Crippen LogP contribution in [0.2, 0.25) is 0 Å². The molecule has 104 valence electrons.